The van der Waals surface area contributed by atoms with Crippen LogP contribution in [0, 0.1) is 0 Å². The smallest absolute Gasteiger partial charge is 0.0717 e. The first kappa shape index (κ1) is 12.5. The fraction of sp³-hybridized carbons (Fsp3) is 0.231. The maximum atomic E-state index is 5.52. The van der Waals surface area contributed by atoms with Crippen LogP contribution in [-0.4, -0.2) is 6.61 Å². The van der Waals surface area contributed by atoms with E-state index in [-0.39, 0.29) is 0 Å². The molecule has 0 atom stereocenters. The normalized spacial score (nSPS) is 11.5. The van der Waals surface area contributed by atoms with Gasteiger partial charge in [0.15, 0.2) is 0 Å². The first-order chi connectivity index (χ1) is 7.43. The van der Waals surface area contributed by atoms with Gasteiger partial charge in [0.2, 0.25) is 0 Å². The lowest BCUT2D eigenvalue weighted by Gasteiger charge is -2.01. The number of allylic oxidation sites excluding steroid dienone is 2. The molecule has 0 heterocycles. The molecule has 0 bridgehead atoms. The van der Waals surface area contributed by atoms with Crippen molar-refractivity contribution in [2.75, 3.05) is 6.61 Å². The van der Waals surface area contributed by atoms with Gasteiger partial charge in [0.05, 0.1) is 13.2 Å². The van der Waals surface area contributed by atoms with E-state index in [1.54, 1.807) is 0 Å². The molecule has 0 spiro atoms. The summed E-state index contributed by atoms with van der Waals surface area (Å²) in [4.78, 5) is 0. The Bertz CT molecular complexity index is 304. The van der Waals surface area contributed by atoms with Gasteiger partial charge in [0.25, 0.3) is 0 Å². The zero-order valence-corrected chi connectivity index (χ0v) is 10.8. The van der Waals surface area contributed by atoms with Gasteiger partial charge in [0, 0.05) is 0 Å². The van der Waals surface area contributed by atoms with Crippen molar-refractivity contribution in [2.45, 2.75) is 13.0 Å². The van der Waals surface area contributed by atoms with Crippen LogP contribution in [0.2, 0.25) is 0 Å². The number of benzene rings is 1. The Morgan fingerprint density at radius 1 is 1.13 bits per heavy atom. The Morgan fingerprint density at radius 2 is 1.93 bits per heavy atom. The van der Waals surface area contributed by atoms with Crippen molar-refractivity contribution in [1.29, 1.82) is 0 Å². The SMILES string of the molecule is I/C=C\C=C\CCOCc1ccccc1. The molecule has 2 heteroatoms. The first-order valence-electron chi connectivity index (χ1n) is 4.97. The van der Waals surface area contributed by atoms with Crippen LogP contribution >= 0.6 is 22.6 Å². The largest absolute Gasteiger partial charge is 0.376 e. The molecule has 0 aliphatic carbocycles. The molecule has 0 aliphatic rings. The Balaban J connectivity index is 2.07. The van der Waals surface area contributed by atoms with E-state index < -0.39 is 0 Å². The quantitative estimate of drug-likeness (QED) is 0.436. The third-order valence-corrected chi connectivity index (χ3v) is 2.28. The molecular formula is C13H15IO. The average molecular weight is 314 g/mol. The van der Waals surface area contributed by atoms with E-state index >= 15 is 0 Å². The third-order valence-electron chi connectivity index (χ3n) is 1.86. The molecule has 0 aliphatic heterocycles. The molecule has 1 aromatic rings. The molecule has 1 aromatic carbocycles. The zero-order valence-electron chi connectivity index (χ0n) is 8.60. The van der Waals surface area contributed by atoms with Crippen molar-refractivity contribution < 1.29 is 4.74 Å². The average Bonchev–Trinajstić information content (AvgIpc) is 2.29. The predicted octanol–water partition coefficient (Wildman–Crippen LogP) is 4.10. The Morgan fingerprint density at radius 3 is 2.67 bits per heavy atom. The van der Waals surface area contributed by atoms with Crippen LogP contribution in [0.3, 0.4) is 0 Å². The third kappa shape index (κ3) is 6.47. The second-order valence-corrected chi connectivity index (χ2v) is 3.79. The highest BCUT2D eigenvalue weighted by Gasteiger charge is 1.89. The van der Waals surface area contributed by atoms with Gasteiger partial charge in [-0.2, -0.15) is 0 Å². The molecular weight excluding hydrogens is 299 g/mol. The number of hydrogen-bond donors (Lipinski definition) is 0. The van der Waals surface area contributed by atoms with Crippen molar-refractivity contribution in [1.82, 2.24) is 0 Å². The Labute approximate surface area is 105 Å². The molecule has 0 unspecified atom stereocenters. The molecule has 0 fully saturated rings. The highest BCUT2D eigenvalue weighted by atomic mass is 127. The van der Waals surface area contributed by atoms with Gasteiger partial charge in [-0.1, -0.05) is 71.2 Å². The molecule has 0 aromatic heterocycles. The highest BCUT2D eigenvalue weighted by molar-refractivity contribution is 14.1. The summed E-state index contributed by atoms with van der Waals surface area (Å²) < 4.78 is 7.51. The molecule has 0 radical (unpaired) electrons. The Kier molecular flexibility index (Phi) is 7.21. The lowest BCUT2D eigenvalue weighted by molar-refractivity contribution is 0.125. The predicted molar refractivity (Wildman–Crippen MR) is 73.0 cm³/mol. The Hall–Kier alpha value is -0.610. The minimum atomic E-state index is 0.705. The van der Waals surface area contributed by atoms with Gasteiger partial charge in [-0.25, -0.2) is 0 Å². The summed E-state index contributed by atoms with van der Waals surface area (Å²) >= 11 is 2.20. The van der Waals surface area contributed by atoms with Gasteiger partial charge in [0.1, 0.15) is 0 Å². The van der Waals surface area contributed by atoms with E-state index in [2.05, 4.69) is 40.8 Å². The number of ether oxygens (including phenoxy) is 1. The number of halogens is 1. The standard InChI is InChI=1S/C13H15IO/c14-10-6-1-2-7-11-15-12-13-8-4-3-5-9-13/h1-6,8-10H,7,11-12H2/b2-1+,10-6-. The van der Waals surface area contributed by atoms with E-state index in [4.69, 9.17) is 4.74 Å². The van der Waals surface area contributed by atoms with Crippen LogP contribution in [0.25, 0.3) is 0 Å². The van der Waals surface area contributed by atoms with E-state index in [1.807, 2.05) is 34.4 Å². The number of hydrogen-bond acceptors (Lipinski definition) is 1. The summed E-state index contributed by atoms with van der Waals surface area (Å²) in [7, 11) is 0. The zero-order chi connectivity index (χ0) is 10.8. The van der Waals surface area contributed by atoms with Crippen molar-refractivity contribution >= 4 is 22.6 Å². The lowest BCUT2D eigenvalue weighted by Crippen LogP contribution is -1.93. The van der Waals surface area contributed by atoms with Crippen LogP contribution in [0.15, 0.2) is 52.6 Å². The van der Waals surface area contributed by atoms with Crippen LogP contribution in [0.1, 0.15) is 12.0 Å². The van der Waals surface area contributed by atoms with Crippen molar-refractivity contribution in [2.24, 2.45) is 0 Å². The van der Waals surface area contributed by atoms with Gasteiger partial charge in [-0.15, -0.1) is 0 Å². The molecule has 0 saturated heterocycles. The highest BCUT2D eigenvalue weighted by Crippen LogP contribution is 2.00. The summed E-state index contributed by atoms with van der Waals surface area (Å²) in [5, 5.41) is 0. The number of rotatable bonds is 6. The molecule has 0 N–H and O–H groups in total. The minimum Gasteiger partial charge on any atom is -0.376 e. The molecule has 80 valence electrons. The van der Waals surface area contributed by atoms with Crippen molar-refractivity contribution in [3.8, 4) is 0 Å². The van der Waals surface area contributed by atoms with Crippen LogP contribution < -0.4 is 0 Å². The van der Waals surface area contributed by atoms with Gasteiger partial charge >= 0.3 is 0 Å². The van der Waals surface area contributed by atoms with Crippen LogP contribution in [-0.2, 0) is 11.3 Å². The summed E-state index contributed by atoms with van der Waals surface area (Å²) in [6, 6.07) is 10.2. The van der Waals surface area contributed by atoms with Crippen molar-refractivity contribution in [3.63, 3.8) is 0 Å². The molecule has 1 rings (SSSR count). The summed E-state index contributed by atoms with van der Waals surface area (Å²) in [6.45, 7) is 1.48. The second kappa shape index (κ2) is 8.68. The van der Waals surface area contributed by atoms with E-state index in [9.17, 15) is 0 Å². The van der Waals surface area contributed by atoms with Gasteiger partial charge in [-0.05, 0) is 16.1 Å². The summed E-state index contributed by atoms with van der Waals surface area (Å²) in [6.07, 6.45) is 7.13. The summed E-state index contributed by atoms with van der Waals surface area (Å²) in [5.41, 5.74) is 1.23. The van der Waals surface area contributed by atoms with Crippen LogP contribution in [0.4, 0.5) is 0 Å². The lowest BCUT2D eigenvalue weighted by atomic mass is 10.2. The minimum absolute atomic E-state index is 0.705. The maximum Gasteiger partial charge on any atom is 0.0717 e. The molecule has 0 amide bonds. The van der Waals surface area contributed by atoms with Crippen molar-refractivity contribution in [3.05, 3.63) is 58.2 Å². The van der Waals surface area contributed by atoms with E-state index in [1.165, 1.54) is 5.56 Å². The second-order valence-electron chi connectivity index (χ2n) is 3.07. The van der Waals surface area contributed by atoms with E-state index in [0.717, 1.165) is 13.0 Å². The first-order valence-corrected chi connectivity index (χ1v) is 6.21. The van der Waals surface area contributed by atoms with Crippen LogP contribution in [0.5, 0.6) is 0 Å². The maximum absolute atomic E-state index is 5.52. The fourth-order valence-corrected chi connectivity index (χ4v) is 1.37. The monoisotopic (exact) mass is 314 g/mol. The van der Waals surface area contributed by atoms with Gasteiger partial charge in [-0.3, -0.25) is 0 Å². The van der Waals surface area contributed by atoms with E-state index in [0.29, 0.717) is 6.61 Å². The van der Waals surface area contributed by atoms with Gasteiger partial charge < -0.3 is 4.74 Å². The molecule has 15 heavy (non-hydrogen) atoms. The summed E-state index contributed by atoms with van der Waals surface area (Å²) in [5.74, 6) is 0. The molecule has 1 nitrogen and oxygen atoms in total. The molecule has 0 saturated carbocycles. The topological polar surface area (TPSA) is 9.23 Å². The fourth-order valence-electron chi connectivity index (χ4n) is 1.13.